The number of carbonyl (C=O) groups excluding carboxylic acids is 1. The highest BCUT2D eigenvalue weighted by atomic mass is 16.6. The van der Waals surface area contributed by atoms with Crippen LogP contribution in [0.2, 0.25) is 0 Å². The van der Waals surface area contributed by atoms with Crippen molar-refractivity contribution in [3.63, 3.8) is 0 Å². The first-order valence-corrected chi connectivity index (χ1v) is 11.8. The molecule has 2 aromatic rings. The number of ether oxygens (including phenoxy) is 1. The summed E-state index contributed by atoms with van der Waals surface area (Å²) >= 11 is 0. The van der Waals surface area contributed by atoms with E-state index in [1.54, 1.807) is 12.1 Å². The number of anilines is 1. The smallest absolute Gasteiger partial charge is 0.293 e. The van der Waals surface area contributed by atoms with E-state index in [2.05, 4.69) is 39.4 Å². The first-order chi connectivity index (χ1) is 16.1. The number of hydrogen-bond donors (Lipinski definition) is 1. The van der Waals surface area contributed by atoms with Crippen LogP contribution in [-0.2, 0) is 11.2 Å². The zero-order valence-electron chi connectivity index (χ0n) is 18.9. The van der Waals surface area contributed by atoms with E-state index in [1.807, 2.05) is 6.07 Å². The van der Waals surface area contributed by atoms with Gasteiger partial charge in [0.15, 0.2) is 0 Å². The van der Waals surface area contributed by atoms with Crippen LogP contribution in [0, 0.1) is 16.0 Å². The number of nitro groups is 1. The van der Waals surface area contributed by atoms with Gasteiger partial charge in [0.1, 0.15) is 5.69 Å². The number of nitrogens with zero attached hydrogens (tertiary/aromatic N) is 3. The van der Waals surface area contributed by atoms with Gasteiger partial charge in [-0.25, -0.2) is 0 Å². The molecule has 2 fully saturated rings. The maximum Gasteiger partial charge on any atom is 0.293 e. The molecule has 0 aromatic heterocycles. The third kappa shape index (κ3) is 6.30. The average Bonchev–Trinajstić information content (AvgIpc) is 2.85. The molecule has 0 spiro atoms. The minimum absolute atomic E-state index is 0.00246. The van der Waals surface area contributed by atoms with Crippen LogP contribution >= 0.6 is 0 Å². The molecule has 0 bridgehead atoms. The van der Waals surface area contributed by atoms with Crippen LogP contribution in [0.25, 0.3) is 0 Å². The van der Waals surface area contributed by atoms with E-state index in [4.69, 9.17) is 4.74 Å². The van der Waals surface area contributed by atoms with Crippen molar-refractivity contribution in [3.8, 4) is 0 Å². The summed E-state index contributed by atoms with van der Waals surface area (Å²) in [6, 6.07) is 15.3. The second-order valence-corrected chi connectivity index (χ2v) is 8.79. The Morgan fingerprint density at radius 2 is 1.79 bits per heavy atom. The molecule has 0 unspecified atom stereocenters. The van der Waals surface area contributed by atoms with Crippen molar-refractivity contribution < 1.29 is 14.5 Å². The molecular weight excluding hydrogens is 420 g/mol. The summed E-state index contributed by atoms with van der Waals surface area (Å²) in [4.78, 5) is 28.3. The Balaban J connectivity index is 1.34. The van der Waals surface area contributed by atoms with Crippen molar-refractivity contribution in [2.24, 2.45) is 5.92 Å². The lowest BCUT2D eigenvalue weighted by Crippen LogP contribution is -2.41. The monoisotopic (exact) mass is 452 g/mol. The number of hydrogen-bond acceptors (Lipinski definition) is 6. The minimum atomic E-state index is -0.379. The molecule has 2 aliphatic heterocycles. The molecule has 0 saturated carbocycles. The Labute approximate surface area is 194 Å². The van der Waals surface area contributed by atoms with E-state index >= 15 is 0 Å². The fraction of sp³-hybridized carbons (Fsp3) is 0.480. The maximum absolute atomic E-state index is 12.6. The third-order valence-electron chi connectivity index (χ3n) is 6.57. The molecule has 1 amide bonds. The second-order valence-electron chi connectivity index (χ2n) is 8.79. The first kappa shape index (κ1) is 23.2. The Morgan fingerprint density at radius 3 is 2.48 bits per heavy atom. The number of morpholine rings is 1. The summed E-state index contributed by atoms with van der Waals surface area (Å²) in [5.41, 5.74) is 2.26. The van der Waals surface area contributed by atoms with E-state index in [1.165, 1.54) is 11.6 Å². The molecule has 8 nitrogen and oxygen atoms in total. The number of nitrogens with one attached hydrogen (secondary N) is 1. The molecule has 0 atom stereocenters. The molecule has 1 N–H and O–H groups in total. The minimum Gasteiger partial charge on any atom is -0.379 e. The van der Waals surface area contributed by atoms with Gasteiger partial charge in [0.2, 0.25) is 0 Å². The highest BCUT2D eigenvalue weighted by Crippen LogP contribution is 2.33. The number of piperidine rings is 1. The number of nitro benzene ring substituents is 1. The van der Waals surface area contributed by atoms with E-state index in [-0.39, 0.29) is 16.5 Å². The summed E-state index contributed by atoms with van der Waals surface area (Å²) < 4.78 is 5.33. The van der Waals surface area contributed by atoms with Crippen molar-refractivity contribution in [3.05, 3.63) is 69.8 Å². The highest BCUT2D eigenvalue weighted by Gasteiger charge is 2.26. The van der Waals surface area contributed by atoms with E-state index < -0.39 is 0 Å². The standard InChI is InChI=1S/C25H32N4O4/c30-25(26-10-13-27-14-16-33-17-15-27)22-6-7-23(24(19-22)29(31)32)28-11-8-21(9-12-28)18-20-4-2-1-3-5-20/h1-7,19,21H,8-18H2,(H,26,30). The van der Waals surface area contributed by atoms with Crippen molar-refractivity contribution >= 4 is 17.3 Å². The Kier molecular flexibility index (Phi) is 7.91. The zero-order valence-corrected chi connectivity index (χ0v) is 18.9. The van der Waals surface area contributed by atoms with Gasteiger partial charge in [-0.1, -0.05) is 30.3 Å². The number of carbonyl (C=O) groups is 1. The lowest BCUT2D eigenvalue weighted by molar-refractivity contribution is -0.384. The number of amides is 1. The van der Waals surface area contributed by atoms with Crippen molar-refractivity contribution in [1.29, 1.82) is 0 Å². The van der Waals surface area contributed by atoms with Crippen LogP contribution in [0.15, 0.2) is 48.5 Å². The number of benzene rings is 2. The predicted molar refractivity (Wildman–Crippen MR) is 128 cm³/mol. The predicted octanol–water partition coefficient (Wildman–Crippen LogP) is 3.12. The Hall–Kier alpha value is -2.97. The fourth-order valence-electron chi connectivity index (χ4n) is 4.66. The summed E-state index contributed by atoms with van der Waals surface area (Å²) in [6.07, 6.45) is 3.03. The largest absolute Gasteiger partial charge is 0.379 e. The van der Waals surface area contributed by atoms with Crippen LogP contribution < -0.4 is 10.2 Å². The highest BCUT2D eigenvalue weighted by molar-refractivity contribution is 5.95. The van der Waals surface area contributed by atoms with Gasteiger partial charge in [-0.2, -0.15) is 0 Å². The van der Waals surface area contributed by atoms with Crippen LogP contribution in [-0.4, -0.2) is 68.2 Å². The van der Waals surface area contributed by atoms with E-state index in [9.17, 15) is 14.9 Å². The van der Waals surface area contributed by atoms with Gasteiger partial charge in [0.25, 0.3) is 11.6 Å². The quantitative estimate of drug-likeness (QED) is 0.489. The maximum atomic E-state index is 12.6. The molecule has 4 rings (SSSR count). The second kappa shape index (κ2) is 11.2. The third-order valence-corrected chi connectivity index (χ3v) is 6.57. The first-order valence-electron chi connectivity index (χ1n) is 11.8. The lowest BCUT2D eigenvalue weighted by atomic mass is 9.90. The molecule has 2 aliphatic rings. The molecule has 2 aromatic carbocycles. The molecule has 176 valence electrons. The van der Waals surface area contributed by atoms with Gasteiger partial charge in [0, 0.05) is 50.9 Å². The fourth-order valence-corrected chi connectivity index (χ4v) is 4.66. The topological polar surface area (TPSA) is 88.0 Å². The van der Waals surface area contributed by atoms with Crippen molar-refractivity contribution in [2.45, 2.75) is 19.3 Å². The Bertz CT molecular complexity index is 939. The molecule has 2 saturated heterocycles. The summed E-state index contributed by atoms with van der Waals surface area (Å²) in [5, 5.41) is 14.7. The van der Waals surface area contributed by atoms with Gasteiger partial charge in [-0.15, -0.1) is 0 Å². The van der Waals surface area contributed by atoms with Gasteiger partial charge < -0.3 is 15.0 Å². The SMILES string of the molecule is O=C(NCCN1CCOCC1)c1ccc(N2CCC(Cc3ccccc3)CC2)c([N+](=O)[O-])c1. The molecule has 0 aliphatic carbocycles. The molecule has 33 heavy (non-hydrogen) atoms. The summed E-state index contributed by atoms with van der Waals surface area (Å²) in [6.45, 7) is 5.95. The Morgan fingerprint density at radius 1 is 1.06 bits per heavy atom. The van der Waals surface area contributed by atoms with Gasteiger partial charge in [-0.3, -0.25) is 19.8 Å². The average molecular weight is 453 g/mol. The van der Waals surface area contributed by atoms with Gasteiger partial charge in [-0.05, 0) is 42.9 Å². The zero-order chi connectivity index (χ0) is 23.0. The number of rotatable bonds is 8. The van der Waals surface area contributed by atoms with Crippen molar-refractivity contribution in [2.75, 3.05) is 57.4 Å². The summed E-state index contributed by atoms with van der Waals surface area (Å²) in [7, 11) is 0. The molecular formula is C25H32N4O4. The lowest BCUT2D eigenvalue weighted by Gasteiger charge is -2.33. The normalized spacial score (nSPS) is 17.6. The molecule has 0 radical (unpaired) electrons. The van der Waals surface area contributed by atoms with Gasteiger partial charge >= 0.3 is 0 Å². The van der Waals surface area contributed by atoms with Crippen molar-refractivity contribution in [1.82, 2.24) is 10.2 Å². The van der Waals surface area contributed by atoms with E-state index in [0.717, 1.165) is 52.0 Å². The molecule has 8 heteroatoms. The van der Waals surface area contributed by atoms with Crippen LogP contribution in [0.1, 0.15) is 28.8 Å². The van der Waals surface area contributed by atoms with E-state index in [0.29, 0.717) is 36.9 Å². The van der Waals surface area contributed by atoms with Gasteiger partial charge in [0.05, 0.1) is 18.1 Å². The van der Waals surface area contributed by atoms with Crippen LogP contribution in [0.3, 0.4) is 0 Å². The van der Waals surface area contributed by atoms with Crippen LogP contribution in [0.4, 0.5) is 11.4 Å². The summed E-state index contributed by atoms with van der Waals surface area (Å²) in [5.74, 6) is 0.304. The molecule has 2 heterocycles. The van der Waals surface area contributed by atoms with Crippen LogP contribution in [0.5, 0.6) is 0 Å².